The molecule has 1 heterocycles. The molecule has 1 rings (SSSR count). The van der Waals surface area contributed by atoms with Crippen molar-refractivity contribution >= 4 is 31.5 Å². The summed E-state index contributed by atoms with van der Waals surface area (Å²) in [6.45, 7) is 4.43. The fraction of sp³-hybridized carbons (Fsp3) is 0.571. The Bertz CT molecular complexity index is 175. The number of thioether (sulfide) groups is 2. The zero-order valence-electron chi connectivity index (χ0n) is 7.56. The van der Waals surface area contributed by atoms with Crippen molar-refractivity contribution in [1.29, 1.82) is 0 Å². The second-order valence-electron chi connectivity index (χ2n) is 2.11. The molecular weight excluding hydrogens is 227 g/mol. The van der Waals surface area contributed by atoms with Crippen molar-refractivity contribution in [1.82, 2.24) is 0 Å². The van der Waals surface area contributed by atoms with E-state index in [2.05, 4.69) is 0 Å². The Kier molecular flexibility index (Phi) is 5.08. The second-order valence-corrected chi connectivity index (χ2v) is 6.76. The molecule has 0 aromatic rings. The van der Waals surface area contributed by atoms with E-state index < -0.39 is 7.94 Å². The molecule has 0 N–H and O–H groups in total. The molecule has 3 nitrogen and oxygen atoms in total. The number of rotatable bonds is 5. The van der Waals surface area contributed by atoms with Crippen molar-refractivity contribution in [3.05, 3.63) is 15.1 Å². The number of hydrogen-bond acceptors (Lipinski definition) is 5. The first kappa shape index (κ1) is 11.8. The molecule has 1 aliphatic rings. The predicted octanol–water partition coefficient (Wildman–Crippen LogP) is 2.58. The highest BCUT2D eigenvalue weighted by Crippen LogP contribution is 2.72. The van der Waals surface area contributed by atoms with Crippen molar-refractivity contribution in [2.45, 2.75) is 13.8 Å². The minimum atomic E-state index is -2.99. The van der Waals surface area contributed by atoms with Crippen LogP contribution in [0.15, 0.2) is 10.8 Å². The van der Waals surface area contributed by atoms with Gasteiger partial charge >= 0.3 is 0 Å². The molecule has 0 aromatic heterocycles. The molecule has 0 aromatic carbocycles. The van der Waals surface area contributed by atoms with E-state index in [4.69, 9.17) is 9.05 Å². The van der Waals surface area contributed by atoms with Crippen LogP contribution in [0.2, 0.25) is 0 Å². The van der Waals surface area contributed by atoms with Gasteiger partial charge in [-0.1, -0.05) is 10.8 Å². The molecule has 76 valence electrons. The highest BCUT2D eigenvalue weighted by atomic mass is 32.2. The van der Waals surface area contributed by atoms with Gasteiger partial charge in [0.2, 0.25) is 0 Å². The predicted molar refractivity (Wildman–Crippen MR) is 57.7 cm³/mol. The Hall–Kier alpha value is 0.750. The van der Waals surface area contributed by atoms with Crippen molar-refractivity contribution in [2.75, 3.05) is 13.2 Å². The van der Waals surface area contributed by atoms with Crippen molar-refractivity contribution in [3.63, 3.8) is 0 Å². The van der Waals surface area contributed by atoms with Crippen LogP contribution in [-0.2, 0) is 9.05 Å². The average molecular weight is 239 g/mol. The van der Waals surface area contributed by atoms with Crippen LogP contribution in [0.3, 0.4) is 0 Å². The van der Waals surface area contributed by atoms with Gasteiger partial charge in [0.15, 0.2) is 0 Å². The smallest absolute Gasteiger partial charge is 0.124 e. The van der Waals surface area contributed by atoms with E-state index in [1.807, 2.05) is 24.7 Å². The maximum atomic E-state index is 12.1. The Morgan fingerprint density at radius 2 is 1.69 bits per heavy atom. The van der Waals surface area contributed by atoms with Crippen LogP contribution in [0.5, 0.6) is 0 Å². The van der Waals surface area contributed by atoms with Crippen LogP contribution in [0, 0.1) is 4.32 Å². The first-order chi connectivity index (χ1) is 6.23. The van der Waals surface area contributed by atoms with Crippen LogP contribution >= 0.6 is 31.5 Å². The summed E-state index contributed by atoms with van der Waals surface area (Å²) < 4.78 is 11.1. The molecule has 0 fully saturated rings. The lowest BCUT2D eigenvalue weighted by atomic mass is 10.9. The van der Waals surface area contributed by atoms with E-state index >= 15 is 0 Å². The van der Waals surface area contributed by atoms with Crippen molar-refractivity contribution < 1.29 is 13.9 Å². The zero-order valence-corrected chi connectivity index (χ0v) is 10.1. The van der Waals surface area contributed by atoms with Gasteiger partial charge in [0, 0.05) is 4.32 Å². The molecule has 0 radical (unpaired) electrons. The molecule has 0 saturated carbocycles. The molecule has 0 aliphatic carbocycles. The molecule has 0 unspecified atom stereocenters. The highest BCUT2D eigenvalue weighted by molar-refractivity contribution is 8.33. The molecule has 0 saturated heterocycles. The summed E-state index contributed by atoms with van der Waals surface area (Å²) in [5, 5.41) is 3.76. The minimum Gasteiger partial charge on any atom is -0.654 e. The minimum absolute atomic E-state index is 0.405. The third-order valence-electron chi connectivity index (χ3n) is 1.21. The molecule has 1 aliphatic heterocycles. The summed E-state index contributed by atoms with van der Waals surface area (Å²) in [7, 11) is -2.99. The van der Waals surface area contributed by atoms with E-state index in [1.165, 1.54) is 23.5 Å². The Morgan fingerprint density at radius 3 is 2.08 bits per heavy atom. The van der Waals surface area contributed by atoms with Gasteiger partial charge < -0.3 is 4.89 Å². The zero-order chi connectivity index (χ0) is 9.73. The van der Waals surface area contributed by atoms with E-state index in [0.717, 1.165) is 4.32 Å². The van der Waals surface area contributed by atoms with Crippen LogP contribution in [0.4, 0.5) is 0 Å². The summed E-state index contributed by atoms with van der Waals surface area (Å²) in [5.74, 6) is 0. The Labute approximate surface area is 87.8 Å². The van der Waals surface area contributed by atoms with Gasteiger partial charge in [-0.3, -0.25) is 23.5 Å². The standard InChI is InChI=1S/C7H12O3PS2/c1-3-9-11(8,10-4-2)7-12-5-6-13-7/h5-6H,3-4H2,1-2H3/q-1. The summed E-state index contributed by atoms with van der Waals surface area (Å²) >= 11 is 2.83. The maximum absolute atomic E-state index is 12.1. The molecule has 13 heavy (non-hydrogen) atoms. The van der Waals surface area contributed by atoms with Crippen LogP contribution in [-0.4, -0.2) is 13.2 Å². The fourth-order valence-corrected chi connectivity index (χ4v) is 5.04. The van der Waals surface area contributed by atoms with E-state index in [1.54, 1.807) is 0 Å². The summed E-state index contributed by atoms with van der Waals surface area (Å²) in [4.78, 5) is 12.1. The molecule has 0 amide bonds. The topological polar surface area (TPSA) is 41.5 Å². The van der Waals surface area contributed by atoms with Crippen LogP contribution in [0.1, 0.15) is 13.8 Å². The molecule has 6 heteroatoms. The average Bonchev–Trinajstić information content (AvgIpc) is 2.57. The third kappa shape index (κ3) is 3.11. The SMILES string of the molecule is CCO[P+]([O-])(OCC)[C-]1SC=CS1. The monoisotopic (exact) mass is 239 g/mol. The molecule has 0 atom stereocenters. The lowest BCUT2D eigenvalue weighted by molar-refractivity contribution is -0.215. The second kappa shape index (κ2) is 5.59. The van der Waals surface area contributed by atoms with Gasteiger partial charge in [-0.2, -0.15) is 0 Å². The lowest BCUT2D eigenvalue weighted by Gasteiger charge is -2.40. The van der Waals surface area contributed by atoms with Gasteiger partial charge in [-0.05, 0) is 13.8 Å². The fourth-order valence-electron chi connectivity index (χ4n) is 0.811. The quantitative estimate of drug-likeness (QED) is 0.545. The van der Waals surface area contributed by atoms with E-state index in [-0.39, 0.29) is 0 Å². The van der Waals surface area contributed by atoms with E-state index in [0.29, 0.717) is 13.2 Å². The third-order valence-corrected chi connectivity index (χ3v) is 6.53. The van der Waals surface area contributed by atoms with Gasteiger partial charge in [0.1, 0.15) is 7.94 Å². The highest BCUT2D eigenvalue weighted by Gasteiger charge is 2.29. The lowest BCUT2D eigenvalue weighted by Crippen LogP contribution is -2.18. The van der Waals surface area contributed by atoms with Crippen LogP contribution < -0.4 is 4.89 Å². The van der Waals surface area contributed by atoms with E-state index in [9.17, 15) is 4.89 Å². The summed E-state index contributed by atoms with van der Waals surface area (Å²) in [6.07, 6.45) is 0. The number of hydrogen-bond donors (Lipinski definition) is 0. The summed E-state index contributed by atoms with van der Waals surface area (Å²) in [6, 6.07) is 0. The largest absolute Gasteiger partial charge is 0.654 e. The molecule has 0 spiro atoms. The van der Waals surface area contributed by atoms with Gasteiger partial charge in [0.05, 0.1) is 13.2 Å². The Balaban J connectivity index is 2.54. The van der Waals surface area contributed by atoms with Crippen molar-refractivity contribution in [3.8, 4) is 0 Å². The first-order valence-electron chi connectivity index (χ1n) is 3.98. The van der Waals surface area contributed by atoms with Crippen LogP contribution in [0.25, 0.3) is 0 Å². The molecule has 0 bridgehead atoms. The van der Waals surface area contributed by atoms with Crippen molar-refractivity contribution in [2.24, 2.45) is 0 Å². The maximum Gasteiger partial charge on any atom is 0.124 e. The first-order valence-corrected chi connectivity index (χ1v) is 7.28. The van der Waals surface area contributed by atoms with Gasteiger partial charge in [-0.15, -0.1) is 0 Å². The summed E-state index contributed by atoms with van der Waals surface area (Å²) in [5.41, 5.74) is 0. The van der Waals surface area contributed by atoms with Gasteiger partial charge in [-0.25, -0.2) is 9.05 Å². The Morgan fingerprint density at radius 1 is 1.23 bits per heavy atom. The molecular formula is C7H12O3PS2-. The van der Waals surface area contributed by atoms with Gasteiger partial charge in [0.25, 0.3) is 0 Å². The normalized spacial score (nSPS) is 18.4.